The SMILES string of the molecule is CC(C)C[C@@H](C(=O)O[C@H](C)C(=O)OCc1ccccc1)N(C)C(=O)[C@@H](Cc1ccc(N2CCOCC2)cc1)OC(=O)C(CC1CC1)N(C)C(=O)OC(C)(C)C. The van der Waals surface area contributed by atoms with Crippen LogP contribution in [0.1, 0.15) is 78.4 Å². The molecule has 1 aliphatic heterocycles. The first-order valence-corrected chi connectivity index (χ1v) is 19.3. The molecule has 302 valence electrons. The number of hydrogen-bond acceptors (Lipinski definition) is 11. The van der Waals surface area contributed by atoms with Crippen LogP contribution in [0, 0.1) is 11.8 Å². The highest BCUT2D eigenvalue weighted by Gasteiger charge is 2.41. The molecule has 2 aliphatic rings. The summed E-state index contributed by atoms with van der Waals surface area (Å²) >= 11 is 0. The molecule has 4 rings (SSSR count). The van der Waals surface area contributed by atoms with Gasteiger partial charge in [-0.15, -0.1) is 0 Å². The van der Waals surface area contributed by atoms with Gasteiger partial charge in [-0.1, -0.05) is 69.2 Å². The van der Waals surface area contributed by atoms with E-state index in [-0.39, 0.29) is 31.3 Å². The van der Waals surface area contributed by atoms with Crippen LogP contribution >= 0.6 is 0 Å². The summed E-state index contributed by atoms with van der Waals surface area (Å²) in [6, 6.07) is 14.7. The van der Waals surface area contributed by atoms with Crippen molar-refractivity contribution < 1.29 is 47.7 Å². The van der Waals surface area contributed by atoms with E-state index in [9.17, 15) is 24.0 Å². The Bertz CT molecular complexity index is 1580. The van der Waals surface area contributed by atoms with Gasteiger partial charge < -0.3 is 33.5 Å². The number of benzene rings is 2. The quantitative estimate of drug-likeness (QED) is 0.148. The van der Waals surface area contributed by atoms with Crippen LogP contribution in [0.2, 0.25) is 0 Å². The predicted molar refractivity (Wildman–Crippen MR) is 206 cm³/mol. The van der Waals surface area contributed by atoms with E-state index in [1.165, 1.54) is 30.8 Å². The molecular formula is C42H59N3O10. The van der Waals surface area contributed by atoms with E-state index in [1.54, 1.807) is 20.8 Å². The minimum atomic E-state index is -1.35. The minimum Gasteiger partial charge on any atom is -0.458 e. The summed E-state index contributed by atoms with van der Waals surface area (Å²) in [5.74, 6) is -2.69. The van der Waals surface area contributed by atoms with Gasteiger partial charge in [-0.25, -0.2) is 19.2 Å². The van der Waals surface area contributed by atoms with Crippen molar-refractivity contribution in [1.29, 1.82) is 0 Å². The zero-order valence-electron chi connectivity index (χ0n) is 33.7. The fourth-order valence-corrected chi connectivity index (χ4v) is 6.21. The highest BCUT2D eigenvalue weighted by Crippen LogP contribution is 2.35. The largest absolute Gasteiger partial charge is 0.458 e. The molecule has 0 aromatic heterocycles. The molecule has 0 radical (unpaired) electrons. The van der Waals surface area contributed by atoms with Gasteiger partial charge in [0.2, 0.25) is 0 Å². The number of esters is 3. The third-order valence-electron chi connectivity index (χ3n) is 9.57. The van der Waals surface area contributed by atoms with Crippen LogP contribution in [0.3, 0.4) is 0 Å². The molecule has 55 heavy (non-hydrogen) atoms. The lowest BCUT2D eigenvalue weighted by molar-refractivity contribution is -0.174. The van der Waals surface area contributed by atoms with E-state index in [4.69, 9.17) is 23.7 Å². The Labute approximate surface area is 325 Å². The van der Waals surface area contributed by atoms with Gasteiger partial charge in [-0.05, 0) is 75.6 Å². The average Bonchev–Trinajstić information content (AvgIpc) is 3.98. The molecule has 13 nitrogen and oxygen atoms in total. The van der Waals surface area contributed by atoms with Crippen LogP contribution in [0.25, 0.3) is 0 Å². The average molecular weight is 766 g/mol. The van der Waals surface area contributed by atoms with Crippen molar-refractivity contribution in [3.05, 3.63) is 65.7 Å². The molecule has 1 unspecified atom stereocenters. The van der Waals surface area contributed by atoms with E-state index in [0.29, 0.717) is 19.6 Å². The molecule has 0 N–H and O–H groups in total. The van der Waals surface area contributed by atoms with Crippen molar-refractivity contribution in [2.24, 2.45) is 11.8 Å². The lowest BCUT2D eigenvalue weighted by Gasteiger charge is -2.33. The van der Waals surface area contributed by atoms with Gasteiger partial charge in [0.25, 0.3) is 5.91 Å². The summed E-state index contributed by atoms with van der Waals surface area (Å²) < 4.78 is 28.1. The molecule has 1 saturated heterocycles. The summed E-state index contributed by atoms with van der Waals surface area (Å²) in [6.07, 6.45) is -0.835. The maximum Gasteiger partial charge on any atom is 0.410 e. The van der Waals surface area contributed by atoms with Gasteiger partial charge in [-0.2, -0.15) is 0 Å². The zero-order valence-corrected chi connectivity index (χ0v) is 33.7. The first kappa shape index (κ1) is 43.1. The third kappa shape index (κ3) is 13.6. The molecule has 1 aliphatic carbocycles. The van der Waals surface area contributed by atoms with E-state index in [0.717, 1.165) is 42.7 Å². The van der Waals surface area contributed by atoms with Gasteiger partial charge in [0.1, 0.15) is 24.3 Å². The second-order valence-electron chi connectivity index (χ2n) is 15.9. The number of nitrogens with zero attached hydrogens (tertiary/aromatic N) is 3. The summed E-state index contributed by atoms with van der Waals surface area (Å²) in [7, 11) is 2.96. The fourth-order valence-electron chi connectivity index (χ4n) is 6.21. The molecule has 2 amide bonds. The zero-order chi connectivity index (χ0) is 40.3. The summed E-state index contributed by atoms with van der Waals surface area (Å²) in [5.41, 5.74) is 1.73. The normalized spacial score (nSPS) is 16.6. The number of amides is 2. The predicted octanol–water partition coefficient (Wildman–Crippen LogP) is 5.56. The minimum absolute atomic E-state index is 0.0102. The molecule has 0 bridgehead atoms. The van der Waals surface area contributed by atoms with Gasteiger partial charge in [0.05, 0.1) is 13.2 Å². The summed E-state index contributed by atoms with van der Waals surface area (Å²) in [4.78, 5) is 72.9. The number of carbonyl (C=O) groups is 5. The number of carbonyl (C=O) groups excluding carboxylic acids is 5. The molecule has 1 heterocycles. The van der Waals surface area contributed by atoms with Gasteiger partial charge >= 0.3 is 24.0 Å². The Hall–Kier alpha value is -4.65. The first-order chi connectivity index (χ1) is 26.0. The van der Waals surface area contributed by atoms with Crippen LogP contribution in [0.15, 0.2) is 54.6 Å². The third-order valence-corrected chi connectivity index (χ3v) is 9.57. The van der Waals surface area contributed by atoms with Crippen molar-refractivity contribution in [3.8, 4) is 0 Å². The van der Waals surface area contributed by atoms with Crippen LogP contribution in [0.5, 0.6) is 0 Å². The van der Waals surface area contributed by atoms with Gasteiger partial charge in [-0.3, -0.25) is 9.69 Å². The van der Waals surface area contributed by atoms with Crippen molar-refractivity contribution >= 4 is 35.6 Å². The molecule has 0 spiro atoms. The summed E-state index contributed by atoms with van der Waals surface area (Å²) in [6.45, 7) is 13.3. The maximum absolute atomic E-state index is 14.5. The van der Waals surface area contributed by atoms with E-state index in [2.05, 4.69) is 4.90 Å². The number of rotatable bonds is 17. The Balaban J connectivity index is 1.56. The lowest BCUT2D eigenvalue weighted by atomic mass is 10.0. The van der Waals surface area contributed by atoms with Crippen molar-refractivity contribution in [3.63, 3.8) is 0 Å². The fraction of sp³-hybridized carbons (Fsp3) is 0.595. The second kappa shape index (κ2) is 19.8. The highest BCUT2D eigenvalue weighted by molar-refractivity contribution is 5.90. The number of anilines is 1. The molecule has 1 saturated carbocycles. The highest BCUT2D eigenvalue weighted by atomic mass is 16.6. The van der Waals surface area contributed by atoms with E-state index < -0.39 is 59.8 Å². The Morgan fingerprint density at radius 1 is 0.800 bits per heavy atom. The monoisotopic (exact) mass is 765 g/mol. The number of ether oxygens (including phenoxy) is 5. The second-order valence-corrected chi connectivity index (χ2v) is 15.9. The van der Waals surface area contributed by atoms with Gasteiger partial charge in [0, 0.05) is 39.3 Å². The van der Waals surface area contributed by atoms with Crippen LogP contribution in [-0.2, 0) is 55.9 Å². The molecule has 4 atom stereocenters. The van der Waals surface area contributed by atoms with Crippen LogP contribution in [-0.4, -0.2) is 110 Å². The standard InChI is InChI=1S/C42H59N3O10/c1-28(2)24-34(39(48)53-29(3)38(47)52-27-32-12-10-9-11-13-32)43(7)37(46)36(26-31-16-18-33(19-17-31)45-20-22-51-23-21-45)54-40(49)35(25-30-14-15-30)44(8)41(50)55-42(4,5)6/h9-13,16-19,28-30,34-36H,14-15,20-27H2,1-8H3/t29-,34+,35?,36-/m1/s1. The Morgan fingerprint density at radius 3 is 2.00 bits per heavy atom. The molecular weight excluding hydrogens is 706 g/mol. The maximum atomic E-state index is 14.5. The molecule has 2 fully saturated rings. The van der Waals surface area contributed by atoms with Crippen molar-refractivity contribution in [2.45, 2.75) is 110 Å². The summed E-state index contributed by atoms with van der Waals surface area (Å²) in [5, 5.41) is 0. The van der Waals surface area contributed by atoms with Crippen LogP contribution < -0.4 is 4.90 Å². The lowest BCUT2D eigenvalue weighted by Crippen LogP contribution is -2.52. The Morgan fingerprint density at radius 2 is 1.42 bits per heavy atom. The molecule has 2 aromatic carbocycles. The van der Waals surface area contributed by atoms with Gasteiger partial charge in [0.15, 0.2) is 12.2 Å². The molecule has 13 heteroatoms. The van der Waals surface area contributed by atoms with E-state index in [1.807, 2.05) is 68.4 Å². The number of morpholine rings is 1. The Kier molecular flexibility index (Phi) is 15.5. The van der Waals surface area contributed by atoms with Crippen molar-refractivity contribution in [1.82, 2.24) is 9.80 Å². The van der Waals surface area contributed by atoms with Crippen molar-refractivity contribution in [2.75, 3.05) is 45.3 Å². The van der Waals surface area contributed by atoms with Crippen LogP contribution in [0.4, 0.5) is 10.5 Å². The number of likely N-dealkylation sites (N-methyl/N-ethyl adjacent to an activating group) is 2. The smallest absolute Gasteiger partial charge is 0.410 e. The molecule has 2 aromatic rings. The van der Waals surface area contributed by atoms with E-state index >= 15 is 0 Å². The first-order valence-electron chi connectivity index (χ1n) is 19.3. The topological polar surface area (TPSA) is 141 Å². The number of hydrogen-bond donors (Lipinski definition) is 0.